The van der Waals surface area contributed by atoms with Crippen LogP contribution in [0.1, 0.15) is 27.8 Å². The van der Waals surface area contributed by atoms with Crippen molar-refractivity contribution in [2.24, 2.45) is 0 Å². The lowest BCUT2D eigenvalue weighted by Gasteiger charge is -2.29. The zero-order chi connectivity index (χ0) is 25.1. The van der Waals surface area contributed by atoms with Gasteiger partial charge < -0.3 is 9.64 Å². The highest BCUT2D eigenvalue weighted by atomic mass is 32.2. The molecule has 0 saturated carbocycles. The first-order valence-corrected chi connectivity index (χ1v) is 12.7. The minimum Gasteiger partial charge on any atom is -0.489 e. The number of aryl methyl sites for hydroxylation is 1. The summed E-state index contributed by atoms with van der Waals surface area (Å²) in [5, 5.41) is -0.421. The van der Waals surface area contributed by atoms with E-state index in [1.54, 1.807) is 11.0 Å². The summed E-state index contributed by atoms with van der Waals surface area (Å²) in [5.41, 5.74) is 5.41. The second-order valence-electron chi connectivity index (χ2n) is 8.95. The second kappa shape index (κ2) is 10.4. The number of ether oxygens (including phenoxy) is 1. The molecule has 0 aliphatic carbocycles. The van der Waals surface area contributed by atoms with Crippen molar-refractivity contribution in [3.05, 3.63) is 106 Å². The molecule has 5 rings (SSSR count). The molecule has 2 heterocycles. The van der Waals surface area contributed by atoms with E-state index in [9.17, 15) is 14.4 Å². The summed E-state index contributed by atoms with van der Waals surface area (Å²) in [6, 6.07) is 23.6. The van der Waals surface area contributed by atoms with Crippen molar-refractivity contribution in [3.8, 4) is 5.75 Å². The molecule has 3 amide bonds. The molecule has 36 heavy (non-hydrogen) atoms. The van der Waals surface area contributed by atoms with Crippen molar-refractivity contribution in [2.75, 3.05) is 13.1 Å². The molecule has 0 spiro atoms. The third kappa shape index (κ3) is 5.36. The Labute approximate surface area is 214 Å². The Kier molecular flexibility index (Phi) is 6.91. The van der Waals surface area contributed by atoms with Crippen LogP contribution in [0.2, 0.25) is 0 Å². The molecule has 0 bridgehead atoms. The predicted molar refractivity (Wildman–Crippen MR) is 140 cm³/mol. The van der Waals surface area contributed by atoms with Gasteiger partial charge in [-0.3, -0.25) is 19.3 Å². The van der Waals surface area contributed by atoms with Gasteiger partial charge in [0.05, 0.1) is 4.91 Å². The van der Waals surface area contributed by atoms with Crippen molar-refractivity contribution in [1.82, 2.24) is 9.80 Å². The molecular formula is C29H26N2O4S. The molecule has 2 aliphatic heterocycles. The summed E-state index contributed by atoms with van der Waals surface area (Å²) in [6.07, 6.45) is 2.45. The molecule has 6 nitrogen and oxygen atoms in total. The fourth-order valence-electron chi connectivity index (χ4n) is 4.24. The highest BCUT2D eigenvalue weighted by molar-refractivity contribution is 8.18. The average molecular weight is 499 g/mol. The van der Waals surface area contributed by atoms with Crippen LogP contribution in [-0.2, 0) is 29.2 Å². The lowest BCUT2D eigenvalue weighted by atomic mass is 10.00. The van der Waals surface area contributed by atoms with Gasteiger partial charge in [0, 0.05) is 13.1 Å². The minimum absolute atomic E-state index is 0.219. The molecule has 1 saturated heterocycles. The predicted octanol–water partition coefficient (Wildman–Crippen LogP) is 5.20. The molecule has 182 valence electrons. The van der Waals surface area contributed by atoms with Gasteiger partial charge in [0.2, 0.25) is 5.91 Å². The number of benzene rings is 3. The monoisotopic (exact) mass is 498 g/mol. The number of amides is 3. The van der Waals surface area contributed by atoms with Gasteiger partial charge in [-0.1, -0.05) is 66.2 Å². The van der Waals surface area contributed by atoms with E-state index in [0.717, 1.165) is 45.5 Å². The Morgan fingerprint density at radius 1 is 0.972 bits per heavy atom. The first-order valence-electron chi connectivity index (χ1n) is 11.8. The normalized spacial score (nSPS) is 16.4. The molecule has 3 aromatic rings. The summed E-state index contributed by atoms with van der Waals surface area (Å²) in [6.45, 7) is 3.36. The first-order chi connectivity index (χ1) is 17.5. The van der Waals surface area contributed by atoms with Crippen LogP contribution in [0.5, 0.6) is 5.75 Å². The van der Waals surface area contributed by atoms with Crippen molar-refractivity contribution in [2.45, 2.75) is 26.5 Å². The summed E-state index contributed by atoms with van der Waals surface area (Å²) < 4.78 is 5.84. The summed E-state index contributed by atoms with van der Waals surface area (Å²) >= 11 is 0.863. The molecule has 0 atom stereocenters. The highest BCUT2D eigenvalue weighted by Crippen LogP contribution is 2.32. The van der Waals surface area contributed by atoms with Crippen molar-refractivity contribution >= 4 is 34.9 Å². The zero-order valence-corrected chi connectivity index (χ0v) is 20.8. The van der Waals surface area contributed by atoms with Crippen LogP contribution in [0, 0.1) is 6.92 Å². The molecule has 2 aliphatic rings. The molecule has 0 N–H and O–H groups in total. The van der Waals surface area contributed by atoms with Crippen LogP contribution < -0.4 is 4.74 Å². The van der Waals surface area contributed by atoms with Gasteiger partial charge in [-0.15, -0.1) is 0 Å². The zero-order valence-electron chi connectivity index (χ0n) is 20.0. The molecule has 1 fully saturated rings. The van der Waals surface area contributed by atoms with Crippen LogP contribution in [0.25, 0.3) is 6.08 Å². The Morgan fingerprint density at radius 2 is 1.69 bits per heavy atom. The Hall–Kier alpha value is -3.84. The third-order valence-corrected chi connectivity index (χ3v) is 7.26. The second-order valence-corrected chi connectivity index (χ2v) is 9.94. The maximum atomic E-state index is 12.9. The summed E-state index contributed by atoms with van der Waals surface area (Å²) in [5.74, 6) is 0.0631. The van der Waals surface area contributed by atoms with E-state index in [2.05, 4.69) is 6.07 Å². The molecule has 3 aromatic carbocycles. The molecular weight excluding hydrogens is 472 g/mol. The largest absolute Gasteiger partial charge is 0.489 e. The molecule has 0 aromatic heterocycles. The van der Waals surface area contributed by atoms with E-state index in [0.29, 0.717) is 24.6 Å². The number of hydrogen-bond acceptors (Lipinski definition) is 5. The van der Waals surface area contributed by atoms with E-state index in [1.165, 1.54) is 11.1 Å². The van der Waals surface area contributed by atoms with Gasteiger partial charge in [-0.25, -0.2) is 0 Å². The van der Waals surface area contributed by atoms with Gasteiger partial charge in [-0.2, -0.15) is 0 Å². The lowest BCUT2D eigenvalue weighted by molar-refractivity contribution is -0.136. The number of fused-ring (bicyclic) bond motifs is 1. The van der Waals surface area contributed by atoms with Crippen LogP contribution in [0.3, 0.4) is 0 Å². The number of carbonyl (C=O) groups is 3. The number of carbonyl (C=O) groups excluding carboxylic acids is 3. The van der Waals surface area contributed by atoms with Crippen molar-refractivity contribution < 1.29 is 19.1 Å². The fraction of sp³-hybridized carbons (Fsp3) is 0.207. The van der Waals surface area contributed by atoms with Crippen LogP contribution in [0.4, 0.5) is 4.79 Å². The van der Waals surface area contributed by atoms with Crippen LogP contribution in [-0.4, -0.2) is 39.9 Å². The van der Waals surface area contributed by atoms with E-state index in [4.69, 9.17) is 4.74 Å². The Balaban J connectivity index is 1.19. The number of thioether (sulfide) groups is 1. The molecule has 7 heteroatoms. The molecule has 0 unspecified atom stereocenters. The number of rotatable bonds is 6. The third-order valence-electron chi connectivity index (χ3n) is 6.35. The standard InChI is InChI=1S/C29H26N2O4S/c1-20-6-8-22(9-7-20)19-35-25-12-10-21(11-13-25)16-26-28(33)31(29(34)36-26)18-27(32)30-15-14-23-4-2-3-5-24(23)17-30/h2-13,16H,14-15,17-19H2,1H3/b26-16-. The van der Waals surface area contributed by atoms with Gasteiger partial charge in [0.25, 0.3) is 11.1 Å². The van der Waals surface area contributed by atoms with Gasteiger partial charge >= 0.3 is 0 Å². The average Bonchev–Trinajstić information content (AvgIpc) is 3.16. The van der Waals surface area contributed by atoms with Crippen molar-refractivity contribution in [3.63, 3.8) is 0 Å². The van der Waals surface area contributed by atoms with Gasteiger partial charge in [-0.05, 0) is 65.6 Å². The lowest BCUT2D eigenvalue weighted by Crippen LogP contribution is -2.44. The fourth-order valence-corrected chi connectivity index (χ4v) is 5.08. The smallest absolute Gasteiger partial charge is 0.294 e. The van der Waals surface area contributed by atoms with Gasteiger partial charge in [0.15, 0.2) is 0 Å². The Morgan fingerprint density at radius 3 is 2.44 bits per heavy atom. The maximum absolute atomic E-state index is 12.9. The van der Waals surface area contributed by atoms with E-state index in [1.807, 2.05) is 73.7 Å². The van der Waals surface area contributed by atoms with Crippen LogP contribution >= 0.6 is 11.8 Å². The number of imide groups is 1. The van der Waals surface area contributed by atoms with E-state index >= 15 is 0 Å². The highest BCUT2D eigenvalue weighted by Gasteiger charge is 2.37. The Bertz CT molecular complexity index is 1330. The van der Waals surface area contributed by atoms with Crippen molar-refractivity contribution in [1.29, 1.82) is 0 Å². The number of hydrogen-bond donors (Lipinski definition) is 0. The summed E-state index contributed by atoms with van der Waals surface area (Å²) in [4.78, 5) is 41.4. The SMILES string of the molecule is Cc1ccc(COc2ccc(/C=C3\SC(=O)N(CC(=O)N4CCc5ccccc5C4)C3=O)cc2)cc1. The first kappa shape index (κ1) is 23.9. The summed E-state index contributed by atoms with van der Waals surface area (Å²) in [7, 11) is 0. The molecule has 0 radical (unpaired) electrons. The maximum Gasteiger partial charge on any atom is 0.294 e. The van der Waals surface area contributed by atoms with Crippen LogP contribution in [0.15, 0.2) is 77.7 Å². The topological polar surface area (TPSA) is 66.9 Å². The number of nitrogens with zero attached hydrogens (tertiary/aromatic N) is 2. The van der Waals surface area contributed by atoms with E-state index < -0.39 is 11.1 Å². The quantitative estimate of drug-likeness (QED) is 0.438. The van der Waals surface area contributed by atoms with Gasteiger partial charge in [0.1, 0.15) is 18.9 Å². The minimum atomic E-state index is -0.435. The van der Waals surface area contributed by atoms with E-state index in [-0.39, 0.29) is 12.5 Å².